The minimum Gasteiger partial charge on any atom is -0.485 e. The third-order valence-corrected chi connectivity index (χ3v) is 4.69. The molecule has 1 aromatic carbocycles. The van der Waals surface area contributed by atoms with Gasteiger partial charge in [0, 0.05) is 16.7 Å². The average Bonchev–Trinajstić information content (AvgIpc) is 2.33. The van der Waals surface area contributed by atoms with Crippen LogP contribution in [-0.4, -0.2) is 14.5 Å². The van der Waals surface area contributed by atoms with Crippen LogP contribution >= 0.6 is 26.6 Å². The normalized spacial score (nSPS) is 19.4. The summed E-state index contributed by atoms with van der Waals surface area (Å²) in [5.74, 6) is -0.661. The fourth-order valence-electron chi connectivity index (χ4n) is 1.83. The zero-order chi connectivity index (χ0) is 14.0. The Morgan fingerprint density at radius 2 is 2.16 bits per heavy atom. The molecular formula is C12H11BrClFO3S. The molecule has 0 bridgehead atoms. The van der Waals surface area contributed by atoms with Crippen molar-refractivity contribution >= 4 is 35.7 Å². The van der Waals surface area contributed by atoms with Gasteiger partial charge in [0.1, 0.15) is 22.6 Å². The number of rotatable bonds is 3. The highest BCUT2D eigenvalue weighted by molar-refractivity contribution is 9.10. The molecule has 1 aliphatic carbocycles. The van der Waals surface area contributed by atoms with Gasteiger partial charge < -0.3 is 4.74 Å². The summed E-state index contributed by atoms with van der Waals surface area (Å²) in [5, 5.41) is 0. The smallest absolute Gasteiger partial charge is 0.264 e. The third kappa shape index (κ3) is 3.70. The van der Waals surface area contributed by atoms with Crippen LogP contribution in [0.2, 0.25) is 0 Å². The highest BCUT2D eigenvalue weighted by Crippen LogP contribution is 2.33. The second-order valence-electron chi connectivity index (χ2n) is 4.17. The van der Waals surface area contributed by atoms with Crippen molar-refractivity contribution in [3.63, 3.8) is 0 Å². The van der Waals surface area contributed by atoms with Crippen LogP contribution in [0.3, 0.4) is 0 Å². The topological polar surface area (TPSA) is 43.4 Å². The summed E-state index contributed by atoms with van der Waals surface area (Å²) in [7, 11) is 1.03. The lowest BCUT2D eigenvalue weighted by Crippen LogP contribution is -2.16. The van der Waals surface area contributed by atoms with Crippen molar-refractivity contribution in [3.05, 3.63) is 34.6 Å². The molecule has 0 spiro atoms. The summed E-state index contributed by atoms with van der Waals surface area (Å²) in [6, 6.07) is 2.14. The Morgan fingerprint density at radius 3 is 2.74 bits per heavy atom. The van der Waals surface area contributed by atoms with Crippen molar-refractivity contribution in [3.8, 4) is 5.75 Å². The van der Waals surface area contributed by atoms with Crippen LogP contribution in [0.4, 0.5) is 4.39 Å². The molecule has 0 saturated carbocycles. The Balaban J connectivity index is 2.30. The largest absolute Gasteiger partial charge is 0.485 e. The van der Waals surface area contributed by atoms with Gasteiger partial charge in [0.25, 0.3) is 9.05 Å². The van der Waals surface area contributed by atoms with E-state index in [2.05, 4.69) is 15.9 Å². The lowest BCUT2D eigenvalue weighted by atomic mass is 10.1. The van der Waals surface area contributed by atoms with Crippen molar-refractivity contribution in [1.29, 1.82) is 0 Å². The molecule has 19 heavy (non-hydrogen) atoms. The van der Waals surface area contributed by atoms with Crippen LogP contribution in [0.25, 0.3) is 0 Å². The van der Waals surface area contributed by atoms with E-state index in [9.17, 15) is 12.8 Å². The number of allylic oxidation sites excluding steroid dienone is 1. The molecule has 0 aliphatic heterocycles. The van der Waals surface area contributed by atoms with E-state index in [0.717, 1.165) is 31.4 Å². The van der Waals surface area contributed by atoms with Crippen molar-refractivity contribution in [1.82, 2.24) is 0 Å². The van der Waals surface area contributed by atoms with Gasteiger partial charge in [-0.2, -0.15) is 0 Å². The second-order valence-corrected chi connectivity index (χ2v) is 7.55. The molecule has 1 unspecified atom stereocenters. The zero-order valence-corrected chi connectivity index (χ0v) is 12.9. The quantitative estimate of drug-likeness (QED) is 0.597. The Hall–Kier alpha value is -0.590. The van der Waals surface area contributed by atoms with Crippen molar-refractivity contribution < 1.29 is 17.5 Å². The summed E-state index contributed by atoms with van der Waals surface area (Å²) < 4.78 is 42.0. The van der Waals surface area contributed by atoms with Gasteiger partial charge in [-0.05, 0) is 47.3 Å². The molecule has 104 valence electrons. The maximum atomic E-state index is 13.7. The summed E-state index contributed by atoms with van der Waals surface area (Å²) in [6.45, 7) is 0. The number of halogens is 3. The number of benzene rings is 1. The molecule has 0 aromatic heterocycles. The Morgan fingerprint density at radius 1 is 1.42 bits per heavy atom. The molecule has 0 N–H and O–H groups in total. The number of ether oxygens (including phenoxy) is 1. The van der Waals surface area contributed by atoms with E-state index in [1.54, 1.807) is 0 Å². The lowest BCUT2D eigenvalue weighted by Gasteiger charge is -2.19. The van der Waals surface area contributed by atoms with Gasteiger partial charge in [-0.1, -0.05) is 6.08 Å². The number of hydrogen-bond donors (Lipinski definition) is 0. The molecule has 0 heterocycles. The summed E-state index contributed by atoms with van der Waals surface area (Å²) in [6.07, 6.45) is 6.67. The molecule has 0 radical (unpaired) electrons. The molecule has 1 aromatic rings. The minimum atomic E-state index is -4.11. The first kappa shape index (κ1) is 14.8. The molecule has 0 fully saturated rings. The van der Waals surface area contributed by atoms with E-state index in [1.807, 2.05) is 12.2 Å². The predicted molar refractivity (Wildman–Crippen MR) is 74.5 cm³/mol. The van der Waals surface area contributed by atoms with Crippen molar-refractivity contribution in [2.45, 2.75) is 30.3 Å². The van der Waals surface area contributed by atoms with Gasteiger partial charge in [0.15, 0.2) is 0 Å². The van der Waals surface area contributed by atoms with E-state index >= 15 is 0 Å². The van der Waals surface area contributed by atoms with Crippen molar-refractivity contribution in [2.24, 2.45) is 0 Å². The third-order valence-electron chi connectivity index (χ3n) is 2.74. The fraction of sp³-hybridized carbons (Fsp3) is 0.333. The summed E-state index contributed by atoms with van der Waals surface area (Å²) >= 11 is 3.16. The molecule has 1 atom stereocenters. The zero-order valence-electron chi connectivity index (χ0n) is 9.77. The maximum absolute atomic E-state index is 13.7. The Bertz CT molecular complexity index is 616. The van der Waals surface area contributed by atoms with Crippen LogP contribution in [0.1, 0.15) is 19.3 Å². The predicted octanol–water partition coefficient (Wildman–Crippen LogP) is 4.00. The van der Waals surface area contributed by atoms with Crippen LogP contribution < -0.4 is 4.74 Å². The fourth-order valence-corrected chi connectivity index (χ4v) is 3.32. The van der Waals surface area contributed by atoms with Crippen molar-refractivity contribution in [2.75, 3.05) is 0 Å². The van der Waals surface area contributed by atoms with Gasteiger partial charge in [0.05, 0.1) is 4.47 Å². The van der Waals surface area contributed by atoms with Crippen LogP contribution in [-0.2, 0) is 9.05 Å². The average molecular weight is 370 g/mol. The van der Waals surface area contributed by atoms with Gasteiger partial charge >= 0.3 is 0 Å². The molecule has 0 amide bonds. The maximum Gasteiger partial charge on any atom is 0.264 e. The summed E-state index contributed by atoms with van der Waals surface area (Å²) in [4.78, 5) is -0.562. The molecular weight excluding hydrogens is 359 g/mol. The molecule has 0 saturated heterocycles. The van der Waals surface area contributed by atoms with Gasteiger partial charge in [0.2, 0.25) is 0 Å². The van der Waals surface area contributed by atoms with Crippen LogP contribution in [0.5, 0.6) is 5.75 Å². The molecule has 7 heteroatoms. The summed E-state index contributed by atoms with van der Waals surface area (Å²) in [5.41, 5.74) is 0. The van der Waals surface area contributed by atoms with E-state index in [0.29, 0.717) is 4.47 Å². The molecule has 3 nitrogen and oxygen atoms in total. The lowest BCUT2D eigenvalue weighted by molar-refractivity contribution is 0.227. The first-order valence-electron chi connectivity index (χ1n) is 5.65. The Kier molecular flexibility index (Phi) is 4.53. The first-order chi connectivity index (χ1) is 8.88. The van der Waals surface area contributed by atoms with Crippen LogP contribution in [0.15, 0.2) is 33.7 Å². The van der Waals surface area contributed by atoms with E-state index < -0.39 is 19.8 Å². The van der Waals surface area contributed by atoms with Gasteiger partial charge in [-0.25, -0.2) is 12.8 Å². The number of hydrogen-bond acceptors (Lipinski definition) is 3. The molecule has 1 aliphatic rings. The van der Waals surface area contributed by atoms with Crippen LogP contribution in [0, 0.1) is 5.82 Å². The van der Waals surface area contributed by atoms with Gasteiger partial charge in [-0.15, -0.1) is 0 Å². The SMILES string of the molecule is O=S(=O)(Cl)c1cc(Br)c(OC2C=CCCC2)cc1F. The standard InChI is InChI=1S/C12H11BrClFO3S/c13-9-6-12(19(14,16)17)10(15)7-11(9)18-8-4-2-1-3-5-8/h2,4,6-8H,1,3,5H2. The second kappa shape index (κ2) is 5.81. The Labute approximate surface area is 124 Å². The highest BCUT2D eigenvalue weighted by atomic mass is 79.9. The minimum absolute atomic E-state index is 0.122. The van der Waals surface area contributed by atoms with E-state index in [-0.39, 0.29) is 11.9 Å². The monoisotopic (exact) mass is 368 g/mol. The van der Waals surface area contributed by atoms with E-state index in [1.165, 1.54) is 0 Å². The highest BCUT2D eigenvalue weighted by Gasteiger charge is 2.20. The first-order valence-corrected chi connectivity index (χ1v) is 8.75. The molecule has 2 rings (SSSR count). The van der Waals surface area contributed by atoms with E-state index in [4.69, 9.17) is 15.4 Å². The van der Waals surface area contributed by atoms with Gasteiger partial charge in [-0.3, -0.25) is 0 Å².